The van der Waals surface area contributed by atoms with Gasteiger partial charge in [0.2, 0.25) is 0 Å². The quantitative estimate of drug-likeness (QED) is 0.785. The third-order valence-corrected chi connectivity index (χ3v) is 3.79. The van der Waals surface area contributed by atoms with E-state index in [0.717, 1.165) is 10.8 Å². The van der Waals surface area contributed by atoms with Gasteiger partial charge in [0, 0.05) is 11.0 Å². The maximum Gasteiger partial charge on any atom is 0.339 e. The Morgan fingerprint density at radius 1 is 1.05 bits per heavy atom. The number of sulfone groups is 1. The molecule has 0 amide bonds. The predicted molar refractivity (Wildman–Crippen MR) is 70.0 cm³/mol. The first-order valence-corrected chi connectivity index (χ1v) is 6.99. The van der Waals surface area contributed by atoms with E-state index >= 15 is 0 Å². The highest BCUT2D eigenvalue weighted by Gasteiger charge is 2.27. The number of esters is 1. The first kappa shape index (κ1) is 13.4. The molecule has 1 aliphatic rings. The molecular formula is C13H12O5S. The number of carbonyl (C=O) groups excluding carboxylic acids is 1. The number of hydrogen-bond donors (Lipinski definition) is 0. The normalized spacial score (nSPS) is 16.5. The van der Waals surface area contributed by atoms with E-state index < -0.39 is 15.8 Å². The molecule has 6 heteroatoms. The Hall–Kier alpha value is -2.08. The van der Waals surface area contributed by atoms with Crippen LogP contribution in [0, 0.1) is 0 Å². The van der Waals surface area contributed by atoms with Gasteiger partial charge in [-0.15, -0.1) is 0 Å². The van der Waals surface area contributed by atoms with E-state index in [2.05, 4.69) is 4.74 Å². The Labute approximate surface area is 111 Å². The summed E-state index contributed by atoms with van der Waals surface area (Å²) >= 11 is 0. The molecule has 0 unspecified atom stereocenters. The lowest BCUT2D eigenvalue weighted by atomic mass is 10.0. The zero-order valence-corrected chi connectivity index (χ0v) is 11.2. The van der Waals surface area contributed by atoms with Crippen molar-refractivity contribution in [1.29, 1.82) is 0 Å². The van der Waals surface area contributed by atoms with Crippen LogP contribution in [0.15, 0.2) is 40.7 Å². The molecule has 1 aromatic rings. The maximum atomic E-state index is 11.6. The molecule has 0 saturated heterocycles. The first-order valence-electron chi connectivity index (χ1n) is 5.38. The summed E-state index contributed by atoms with van der Waals surface area (Å²) in [6.07, 6.45) is 0. The zero-order valence-electron chi connectivity index (χ0n) is 10.4. The van der Waals surface area contributed by atoms with Crippen molar-refractivity contribution in [3.63, 3.8) is 0 Å². The number of methoxy groups -OCH3 is 2. The largest absolute Gasteiger partial charge is 0.497 e. The summed E-state index contributed by atoms with van der Waals surface area (Å²) in [7, 11) is -0.776. The van der Waals surface area contributed by atoms with E-state index in [-0.39, 0.29) is 5.57 Å². The Kier molecular flexibility index (Phi) is 3.44. The van der Waals surface area contributed by atoms with Crippen LogP contribution in [0.3, 0.4) is 0 Å². The van der Waals surface area contributed by atoms with Crippen molar-refractivity contribution < 1.29 is 22.7 Å². The molecule has 5 nitrogen and oxygen atoms in total. The van der Waals surface area contributed by atoms with E-state index in [1.54, 1.807) is 24.3 Å². The van der Waals surface area contributed by atoms with Crippen LogP contribution < -0.4 is 4.74 Å². The first-order chi connectivity index (χ1) is 8.96. The Balaban J connectivity index is 2.48. The summed E-state index contributed by atoms with van der Waals surface area (Å²) < 4.78 is 32.8. The summed E-state index contributed by atoms with van der Waals surface area (Å²) in [5, 5.41) is 1.97. The van der Waals surface area contributed by atoms with Crippen molar-refractivity contribution >= 4 is 21.4 Å². The minimum absolute atomic E-state index is 0.0349. The van der Waals surface area contributed by atoms with Gasteiger partial charge in [-0.25, -0.2) is 13.2 Å². The average molecular weight is 280 g/mol. The minimum Gasteiger partial charge on any atom is -0.497 e. The highest BCUT2D eigenvalue weighted by Crippen LogP contribution is 2.32. The fourth-order valence-corrected chi connectivity index (χ4v) is 2.96. The molecule has 0 aliphatic carbocycles. The summed E-state index contributed by atoms with van der Waals surface area (Å²) in [5.41, 5.74) is 0.973. The second-order valence-corrected chi connectivity index (χ2v) is 5.52. The van der Waals surface area contributed by atoms with Crippen molar-refractivity contribution in [1.82, 2.24) is 0 Å². The number of ether oxygens (including phenoxy) is 2. The van der Waals surface area contributed by atoms with Crippen molar-refractivity contribution in [3.05, 3.63) is 46.2 Å². The Morgan fingerprint density at radius 2 is 1.68 bits per heavy atom. The van der Waals surface area contributed by atoms with Crippen LogP contribution in [0.2, 0.25) is 0 Å². The fourth-order valence-electron chi connectivity index (χ4n) is 1.75. The van der Waals surface area contributed by atoms with Gasteiger partial charge in [0.05, 0.1) is 25.2 Å². The zero-order chi connectivity index (χ0) is 14.0. The number of benzene rings is 1. The number of carbonyl (C=O) groups is 1. The molecule has 0 saturated carbocycles. The fraction of sp³-hybridized carbons (Fsp3) is 0.154. The molecule has 1 aliphatic heterocycles. The summed E-state index contributed by atoms with van der Waals surface area (Å²) in [6, 6.07) is 6.75. The van der Waals surface area contributed by atoms with Crippen LogP contribution in [0.4, 0.5) is 0 Å². The van der Waals surface area contributed by atoms with Crippen LogP contribution in [-0.4, -0.2) is 28.6 Å². The molecule has 0 N–H and O–H groups in total. The lowest BCUT2D eigenvalue weighted by Gasteiger charge is -2.07. The van der Waals surface area contributed by atoms with E-state index in [1.165, 1.54) is 14.2 Å². The molecule has 0 radical (unpaired) electrons. The van der Waals surface area contributed by atoms with Gasteiger partial charge in [-0.3, -0.25) is 0 Å². The van der Waals surface area contributed by atoms with Crippen molar-refractivity contribution in [3.8, 4) is 5.75 Å². The Bertz CT molecular complexity index is 665. The molecule has 0 fully saturated rings. The van der Waals surface area contributed by atoms with Gasteiger partial charge < -0.3 is 9.47 Å². The summed E-state index contributed by atoms with van der Waals surface area (Å²) in [5.74, 6) is -0.0306. The molecule has 1 heterocycles. The van der Waals surface area contributed by atoms with Crippen LogP contribution >= 0.6 is 0 Å². The molecule has 2 rings (SSSR count). The molecule has 100 valence electrons. The smallest absolute Gasteiger partial charge is 0.339 e. The number of hydrogen-bond acceptors (Lipinski definition) is 5. The van der Waals surface area contributed by atoms with Gasteiger partial charge in [-0.05, 0) is 17.7 Å². The highest BCUT2D eigenvalue weighted by molar-refractivity contribution is 7.97. The van der Waals surface area contributed by atoms with Gasteiger partial charge in [0.15, 0.2) is 9.84 Å². The predicted octanol–water partition coefficient (Wildman–Crippen LogP) is 1.52. The molecule has 0 aromatic heterocycles. The SMILES string of the molecule is COC(=O)C1=CS(=O)(=O)C=C1c1ccc(OC)cc1. The molecule has 0 bridgehead atoms. The van der Waals surface area contributed by atoms with Crippen molar-refractivity contribution in [2.24, 2.45) is 0 Å². The lowest BCUT2D eigenvalue weighted by Crippen LogP contribution is -2.05. The van der Waals surface area contributed by atoms with Gasteiger partial charge in [0.25, 0.3) is 0 Å². The Morgan fingerprint density at radius 3 is 2.21 bits per heavy atom. The van der Waals surface area contributed by atoms with E-state index in [0.29, 0.717) is 16.9 Å². The van der Waals surface area contributed by atoms with E-state index in [1.807, 2.05) is 0 Å². The third-order valence-electron chi connectivity index (χ3n) is 2.66. The van der Waals surface area contributed by atoms with Crippen LogP contribution in [0.25, 0.3) is 5.57 Å². The van der Waals surface area contributed by atoms with E-state index in [4.69, 9.17) is 4.74 Å². The van der Waals surface area contributed by atoms with Crippen LogP contribution in [0.1, 0.15) is 5.56 Å². The third kappa shape index (κ3) is 2.68. The maximum absolute atomic E-state index is 11.6. The standard InChI is InChI=1S/C13H12O5S/c1-17-10-5-3-9(4-6-10)11-7-19(15,16)8-12(11)13(14)18-2/h3-8H,1-2H3. The molecular weight excluding hydrogens is 268 g/mol. The van der Waals surface area contributed by atoms with Crippen LogP contribution in [-0.2, 0) is 19.4 Å². The molecule has 0 atom stereocenters. The highest BCUT2D eigenvalue weighted by atomic mass is 32.2. The second kappa shape index (κ2) is 4.89. The molecule has 1 aromatic carbocycles. The van der Waals surface area contributed by atoms with Crippen LogP contribution in [0.5, 0.6) is 5.75 Å². The number of rotatable bonds is 3. The minimum atomic E-state index is -3.52. The van der Waals surface area contributed by atoms with Gasteiger partial charge >= 0.3 is 5.97 Å². The summed E-state index contributed by atoms with van der Waals surface area (Å²) in [4.78, 5) is 11.6. The van der Waals surface area contributed by atoms with Crippen molar-refractivity contribution in [2.45, 2.75) is 0 Å². The monoisotopic (exact) mass is 280 g/mol. The average Bonchev–Trinajstić information content (AvgIpc) is 2.74. The van der Waals surface area contributed by atoms with Gasteiger partial charge in [-0.1, -0.05) is 12.1 Å². The van der Waals surface area contributed by atoms with Gasteiger partial charge in [0.1, 0.15) is 5.75 Å². The molecule has 0 spiro atoms. The van der Waals surface area contributed by atoms with E-state index in [9.17, 15) is 13.2 Å². The van der Waals surface area contributed by atoms with Crippen molar-refractivity contribution in [2.75, 3.05) is 14.2 Å². The topological polar surface area (TPSA) is 69.7 Å². The second-order valence-electron chi connectivity index (χ2n) is 3.87. The molecule has 19 heavy (non-hydrogen) atoms. The lowest BCUT2D eigenvalue weighted by molar-refractivity contribution is -0.135. The summed E-state index contributed by atoms with van der Waals surface area (Å²) in [6.45, 7) is 0. The van der Waals surface area contributed by atoms with Gasteiger partial charge in [-0.2, -0.15) is 0 Å².